The molecule has 1 unspecified atom stereocenters. The molecule has 3 nitrogen and oxygen atoms in total. The molecule has 0 fully saturated rings. The number of rotatable bonds is 3. The summed E-state index contributed by atoms with van der Waals surface area (Å²) >= 11 is 0. The van der Waals surface area contributed by atoms with E-state index < -0.39 is 7.60 Å². The summed E-state index contributed by atoms with van der Waals surface area (Å²) in [7, 11) is -3.17. The topological polar surface area (TPSA) is 46.5 Å². The predicted molar refractivity (Wildman–Crippen MR) is 32.0 cm³/mol. The fourth-order valence-corrected chi connectivity index (χ4v) is 0.879. The zero-order chi connectivity index (χ0) is 6.62. The molecule has 0 amide bonds. The average molecular weight is 189 g/mol. The van der Waals surface area contributed by atoms with E-state index in [0.29, 0.717) is 6.61 Å². The van der Waals surface area contributed by atoms with E-state index in [-0.39, 0.29) is 24.7 Å². The quantitative estimate of drug-likeness (QED) is 0.679. The van der Waals surface area contributed by atoms with Crippen LogP contribution in [0.4, 0.5) is 0 Å². The van der Waals surface area contributed by atoms with Crippen LogP contribution in [0.3, 0.4) is 0 Å². The van der Waals surface area contributed by atoms with E-state index >= 15 is 0 Å². The Morgan fingerprint density at radius 3 is 2.11 bits per heavy atom. The van der Waals surface area contributed by atoms with Gasteiger partial charge in [0.15, 0.2) is 0 Å². The molecule has 1 N–H and O–H groups in total. The Hall–Kier alpha value is 0.734. The summed E-state index contributed by atoms with van der Waals surface area (Å²) in [5.41, 5.74) is 0. The van der Waals surface area contributed by atoms with Gasteiger partial charge in [0, 0.05) is 24.7 Å². The van der Waals surface area contributed by atoms with Crippen LogP contribution in [-0.4, -0.2) is 17.7 Å². The molecule has 9 heavy (non-hydrogen) atoms. The van der Waals surface area contributed by atoms with Crippen molar-refractivity contribution in [3.05, 3.63) is 0 Å². The monoisotopic (exact) mass is 189 g/mol. The second-order valence-electron chi connectivity index (χ2n) is 1.37. The Labute approximate surface area is 67.2 Å². The van der Waals surface area contributed by atoms with Crippen LogP contribution in [0.2, 0.25) is 0 Å². The SMILES string of the molecule is CCOP(=O)(O)CC.[V]. The fourth-order valence-electron chi connectivity index (χ4n) is 0.293. The third-order valence-corrected chi connectivity index (χ3v) is 2.19. The van der Waals surface area contributed by atoms with Gasteiger partial charge in [-0.15, -0.1) is 0 Å². The first-order chi connectivity index (χ1) is 3.62. The zero-order valence-electron chi connectivity index (χ0n) is 5.57. The van der Waals surface area contributed by atoms with Crippen molar-refractivity contribution in [2.45, 2.75) is 13.8 Å². The van der Waals surface area contributed by atoms with Crippen molar-refractivity contribution in [2.75, 3.05) is 12.8 Å². The van der Waals surface area contributed by atoms with E-state index in [0.717, 1.165) is 0 Å². The summed E-state index contributed by atoms with van der Waals surface area (Å²) < 4.78 is 15.0. The van der Waals surface area contributed by atoms with Gasteiger partial charge in [0.25, 0.3) is 0 Å². The second kappa shape index (κ2) is 5.51. The van der Waals surface area contributed by atoms with E-state index in [1.54, 1.807) is 13.8 Å². The van der Waals surface area contributed by atoms with Crippen molar-refractivity contribution >= 4 is 7.60 Å². The van der Waals surface area contributed by atoms with Gasteiger partial charge < -0.3 is 9.42 Å². The summed E-state index contributed by atoms with van der Waals surface area (Å²) in [5.74, 6) is 0. The van der Waals surface area contributed by atoms with Crippen LogP contribution in [0.25, 0.3) is 0 Å². The standard InChI is InChI=1S/C4H11O3P.V/c1-3-7-8(5,6)4-2;/h3-4H2,1-2H3,(H,5,6);. The van der Waals surface area contributed by atoms with E-state index in [1.165, 1.54) is 0 Å². The molecule has 0 bridgehead atoms. The largest absolute Gasteiger partial charge is 0.327 e. The molecule has 0 aliphatic rings. The molecule has 0 spiro atoms. The Balaban J connectivity index is 0. The number of hydrogen-bond acceptors (Lipinski definition) is 2. The molecule has 0 aliphatic carbocycles. The molecule has 1 atom stereocenters. The van der Waals surface area contributed by atoms with Crippen LogP contribution in [0.5, 0.6) is 0 Å². The van der Waals surface area contributed by atoms with Crippen LogP contribution in [0.15, 0.2) is 0 Å². The van der Waals surface area contributed by atoms with E-state index in [4.69, 9.17) is 4.89 Å². The first kappa shape index (κ1) is 12.4. The summed E-state index contributed by atoms with van der Waals surface area (Å²) in [6, 6.07) is 0. The average Bonchev–Trinajstić information content (AvgIpc) is 1.67. The molecule has 0 rings (SSSR count). The van der Waals surface area contributed by atoms with E-state index in [2.05, 4.69) is 4.52 Å². The molecule has 0 aromatic carbocycles. The van der Waals surface area contributed by atoms with Crippen molar-refractivity contribution in [3.63, 3.8) is 0 Å². The van der Waals surface area contributed by atoms with Gasteiger partial charge in [0.05, 0.1) is 6.61 Å². The van der Waals surface area contributed by atoms with Crippen LogP contribution < -0.4 is 0 Å². The van der Waals surface area contributed by atoms with E-state index in [9.17, 15) is 4.57 Å². The minimum Gasteiger partial charge on any atom is -0.324 e. The van der Waals surface area contributed by atoms with Crippen LogP contribution in [0.1, 0.15) is 13.8 Å². The first-order valence-electron chi connectivity index (χ1n) is 2.58. The van der Waals surface area contributed by atoms with Gasteiger partial charge in [0.2, 0.25) is 0 Å². The van der Waals surface area contributed by atoms with Crippen LogP contribution in [0, 0.1) is 0 Å². The van der Waals surface area contributed by atoms with Crippen molar-refractivity contribution < 1.29 is 32.5 Å². The van der Waals surface area contributed by atoms with Gasteiger partial charge in [0.1, 0.15) is 0 Å². The molecule has 0 saturated carbocycles. The molecule has 0 heterocycles. The maximum Gasteiger partial charge on any atom is 0.327 e. The molecule has 1 radical (unpaired) electrons. The van der Waals surface area contributed by atoms with E-state index in [1.807, 2.05) is 0 Å². The fraction of sp³-hybridized carbons (Fsp3) is 1.00. The Morgan fingerprint density at radius 2 is 2.00 bits per heavy atom. The molecular formula is C4H11O3PV. The van der Waals surface area contributed by atoms with Gasteiger partial charge in [-0.2, -0.15) is 0 Å². The van der Waals surface area contributed by atoms with Crippen LogP contribution in [-0.2, 0) is 27.6 Å². The molecule has 0 aromatic rings. The van der Waals surface area contributed by atoms with Crippen molar-refractivity contribution in [1.29, 1.82) is 0 Å². The first-order valence-corrected chi connectivity index (χ1v) is 4.35. The summed E-state index contributed by atoms with van der Waals surface area (Å²) in [5, 5.41) is 0. The zero-order valence-corrected chi connectivity index (χ0v) is 7.86. The Morgan fingerprint density at radius 1 is 1.56 bits per heavy atom. The van der Waals surface area contributed by atoms with Crippen molar-refractivity contribution in [1.82, 2.24) is 0 Å². The van der Waals surface area contributed by atoms with Crippen molar-refractivity contribution in [2.24, 2.45) is 0 Å². The van der Waals surface area contributed by atoms with Gasteiger partial charge in [-0.05, 0) is 6.92 Å². The molecule has 0 aliphatic heterocycles. The smallest absolute Gasteiger partial charge is 0.324 e. The maximum absolute atomic E-state index is 10.5. The van der Waals surface area contributed by atoms with Gasteiger partial charge in [-0.25, -0.2) is 0 Å². The van der Waals surface area contributed by atoms with Crippen LogP contribution >= 0.6 is 7.60 Å². The third-order valence-electron chi connectivity index (χ3n) is 0.730. The predicted octanol–water partition coefficient (Wildman–Crippen LogP) is 1.23. The van der Waals surface area contributed by atoms with Gasteiger partial charge >= 0.3 is 7.60 Å². The Bertz CT molecular complexity index is 106. The Kier molecular flexibility index (Phi) is 7.61. The summed E-state index contributed by atoms with van der Waals surface area (Å²) in [6.45, 7) is 3.62. The molecular weight excluding hydrogens is 178 g/mol. The van der Waals surface area contributed by atoms with Gasteiger partial charge in [-0.3, -0.25) is 4.57 Å². The minimum atomic E-state index is -3.17. The molecule has 0 aromatic heterocycles. The normalized spacial score (nSPS) is 15.9. The summed E-state index contributed by atoms with van der Waals surface area (Å²) in [4.78, 5) is 8.66. The molecule has 0 saturated heterocycles. The second-order valence-corrected chi connectivity index (χ2v) is 3.54. The summed E-state index contributed by atoms with van der Waals surface area (Å²) in [6.07, 6.45) is 0.195. The molecule has 55 valence electrons. The van der Waals surface area contributed by atoms with Gasteiger partial charge in [-0.1, -0.05) is 6.92 Å². The third kappa shape index (κ3) is 6.62. The van der Waals surface area contributed by atoms with Crippen molar-refractivity contribution in [3.8, 4) is 0 Å². The molecule has 5 heteroatoms. The minimum absolute atomic E-state index is 0. The maximum atomic E-state index is 10.5. The number of hydrogen-bond donors (Lipinski definition) is 1.